The van der Waals surface area contributed by atoms with Gasteiger partial charge in [0.2, 0.25) is 6.10 Å². The van der Waals surface area contributed by atoms with Crippen LogP contribution in [-0.2, 0) is 14.3 Å². The van der Waals surface area contributed by atoms with Gasteiger partial charge in [0, 0.05) is 12.5 Å². The van der Waals surface area contributed by atoms with Gasteiger partial charge in [-0.15, -0.1) is 0 Å². The van der Waals surface area contributed by atoms with Crippen molar-refractivity contribution in [1.82, 2.24) is 0 Å². The first-order valence-electron chi connectivity index (χ1n) is 11.6. The molecule has 0 radical (unpaired) electrons. The average molecular weight is 453 g/mol. The summed E-state index contributed by atoms with van der Waals surface area (Å²) in [7, 11) is 0. The van der Waals surface area contributed by atoms with Gasteiger partial charge in [0.05, 0.1) is 6.61 Å². The fourth-order valence-corrected chi connectivity index (χ4v) is 3.76. The van der Waals surface area contributed by atoms with Crippen molar-refractivity contribution in [3.8, 4) is 0 Å². The van der Waals surface area contributed by atoms with Crippen molar-refractivity contribution in [2.24, 2.45) is 5.41 Å². The molecule has 0 heterocycles. The molecule has 1 aromatic rings. The Morgan fingerprint density at radius 3 is 2.25 bits per heavy atom. The highest BCUT2D eigenvalue weighted by molar-refractivity contribution is 5.82. The number of esters is 1. The van der Waals surface area contributed by atoms with Crippen molar-refractivity contribution in [2.75, 3.05) is 13.2 Å². The number of ether oxygens (including phenoxy) is 2. The number of hydrogen-bond acceptors (Lipinski definition) is 3. The molecule has 1 unspecified atom stereocenters. The second-order valence-electron chi connectivity index (χ2n) is 8.37. The van der Waals surface area contributed by atoms with Crippen LogP contribution in [-0.4, -0.2) is 31.5 Å². The lowest BCUT2D eigenvalue weighted by molar-refractivity contribution is -0.235. The summed E-state index contributed by atoms with van der Waals surface area (Å²) in [4.78, 5) is 13.1. The summed E-state index contributed by atoms with van der Waals surface area (Å²) in [6.07, 6.45) is 6.19. The second-order valence-corrected chi connectivity index (χ2v) is 8.37. The zero-order chi connectivity index (χ0) is 23.5. The van der Waals surface area contributed by atoms with E-state index in [-0.39, 0.29) is 12.5 Å². The first kappa shape index (κ1) is 26.2. The lowest BCUT2D eigenvalue weighted by Gasteiger charge is -2.31. The molecule has 0 saturated carbocycles. The number of halogens is 3. The summed E-state index contributed by atoms with van der Waals surface area (Å²) in [5.74, 6) is -0.891. The maximum atomic E-state index is 13.5. The molecule has 2 rings (SSSR count). The molecule has 1 aliphatic rings. The Hall–Kier alpha value is -2.08. The minimum absolute atomic E-state index is 0.0245. The molecule has 0 bridgehead atoms. The summed E-state index contributed by atoms with van der Waals surface area (Å²) in [6, 6.07) is 9.77. The summed E-state index contributed by atoms with van der Waals surface area (Å²) in [5, 5.41) is 0. The van der Waals surface area contributed by atoms with E-state index in [1.54, 1.807) is 12.2 Å². The van der Waals surface area contributed by atoms with Gasteiger partial charge in [0.15, 0.2) is 0 Å². The zero-order valence-electron chi connectivity index (χ0n) is 19.1. The number of benzene rings is 1. The topological polar surface area (TPSA) is 35.5 Å². The largest absolute Gasteiger partial charge is 0.449 e. The number of hydrogen-bond donors (Lipinski definition) is 0. The molecule has 0 aliphatic heterocycles. The molecular formula is C26H35F3O3. The van der Waals surface area contributed by atoms with Gasteiger partial charge in [-0.2, -0.15) is 13.2 Å². The van der Waals surface area contributed by atoms with Crippen LogP contribution >= 0.6 is 0 Å². The monoisotopic (exact) mass is 452 g/mol. The number of alkyl halides is 3. The molecule has 0 amide bonds. The normalized spacial score (nSPS) is 21.5. The SMILES string of the molecule is CCCCCCCC1(C(=O)OC(COCCC)C(F)(F)F)C=CC(c2ccccc2)C=C1. The molecule has 178 valence electrons. The van der Waals surface area contributed by atoms with Crippen molar-refractivity contribution in [1.29, 1.82) is 0 Å². The molecule has 0 N–H and O–H groups in total. The fraction of sp³-hybridized carbons (Fsp3) is 0.577. The first-order chi connectivity index (χ1) is 15.3. The Labute approximate surface area is 189 Å². The molecular weight excluding hydrogens is 417 g/mol. The number of allylic oxidation sites excluding steroid dienone is 2. The van der Waals surface area contributed by atoms with Crippen LogP contribution in [0.15, 0.2) is 54.6 Å². The van der Waals surface area contributed by atoms with Gasteiger partial charge >= 0.3 is 12.1 Å². The van der Waals surface area contributed by atoms with Crippen LogP contribution in [0.25, 0.3) is 0 Å². The number of rotatable bonds is 13. The first-order valence-corrected chi connectivity index (χ1v) is 11.6. The van der Waals surface area contributed by atoms with Crippen LogP contribution in [0.3, 0.4) is 0 Å². The number of unbranched alkanes of at least 4 members (excludes halogenated alkanes) is 4. The second kappa shape index (κ2) is 12.8. The molecule has 3 nitrogen and oxygen atoms in total. The summed E-state index contributed by atoms with van der Waals surface area (Å²) in [6.45, 7) is 3.43. The van der Waals surface area contributed by atoms with E-state index in [1.165, 1.54) is 0 Å². The fourth-order valence-electron chi connectivity index (χ4n) is 3.76. The molecule has 1 aliphatic carbocycles. The van der Waals surface area contributed by atoms with E-state index < -0.39 is 30.3 Å². The summed E-state index contributed by atoms with van der Waals surface area (Å²) in [5.41, 5.74) is -0.128. The summed E-state index contributed by atoms with van der Waals surface area (Å²) >= 11 is 0. The predicted octanol–water partition coefficient (Wildman–Crippen LogP) is 7.14. The van der Waals surface area contributed by atoms with Crippen molar-refractivity contribution < 1.29 is 27.4 Å². The lowest BCUT2D eigenvalue weighted by atomic mass is 9.76. The molecule has 32 heavy (non-hydrogen) atoms. The average Bonchev–Trinajstić information content (AvgIpc) is 2.78. The minimum atomic E-state index is -4.68. The number of carbonyl (C=O) groups excluding carboxylic acids is 1. The molecule has 1 atom stereocenters. The molecule has 6 heteroatoms. The lowest BCUT2D eigenvalue weighted by Crippen LogP contribution is -2.42. The molecule has 0 saturated heterocycles. The third-order valence-corrected chi connectivity index (χ3v) is 5.69. The van der Waals surface area contributed by atoms with E-state index in [1.807, 2.05) is 49.4 Å². The van der Waals surface area contributed by atoms with Crippen LogP contribution < -0.4 is 0 Å². The zero-order valence-corrected chi connectivity index (χ0v) is 19.1. The Bertz CT molecular complexity index is 726. The highest BCUT2D eigenvalue weighted by Crippen LogP contribution is 2.38. The molecule has 0 aromatic heterocycles. The smallest absolute Gasteiger partial charge is 0.427 e. The third-order valence-electron chi connectivity index (χ3n) is 5.69. The van der Waals surface area contributed by atoms with Crippen molar-refractivity contribution >= 4 is 5.97 Å². The number of carbonyl (C=O) groups is 1. The van der Waals surface area contributed by atoms with Gasteiger partial charge in [-0.3, -0.25) is 4.79 Å². The quantitative estimate of drug-likeness (QED) is 0.181. The van der Waals surface area contributed by atoms with E-state index in [2.05, 4.69) is 6.92 Å². The van der Waals surface area contributed by atoms with Gasteiger partial charge in [0.25, 0.3) is 0 Å². The van der Waals surface area contributed by atoms with E-state index in [4.69, 9.17) is 9.47 Å². The van der Waals surface area contributed by atoms with Gasteiger partial charge in [-0.1, -0.05) is 101 Å². The van der Waals surface area contributed by atoms with E-state index in [9.17, 15) is 18.0 Å². The van der Waals surface area contributed by atoms with E-state index in [0.29, 0.717) is 12.8 Å². The van der Waals surface area contributed by atoms with Crippen LogP contribution in [0.1, 0.15) is 70.3 Å². The standard InChI is InChI=1S/C26H35F3O3/c1-3-5-6-7-11-16-25(17-14-22(15-18-25)21-12-9-8-10-13-21)24(30)32-23(26(27,28)29)20-31-19-4-2/h8-10,12-15,17-18,22-23H,3-7,11,16,19-20H2,1-2H3. The van der Waals surface area contributed by atoms with Crippen LogP contribution in [0.5, 0.6) is 0 Å². The predicted molar refractivity (Wildman–Crippen MR) is 120 cm³/mol. The minimum Gasteiger partial charge on any atom is -0.449 e. The highest BCUT2D eigenvalue weighted by Gasteiger charge is 2.46. The Kier molecular flexibility index (Phi) is 10.5. The molecule has 0 spiro atoms. The van der Waals surface area contributed by atoms with Crippen LogP contribution in [0.4, 0.5) is 13.2 Å². The van der Waals surface area contributed by atoms with Gasteiger partial charge in [0.1, 0.15) is 5.41 Å². The molecule has 1 aromatic carbocycles. The van der Waals surface area contributed by atoms with Crippen molar-refractivity contribution in [3.05, 3.63) is 60.2 Å². The van der Waals surface area contributed by atoms with Crippen LogP contribution in [0, 0.1) is 5.41 Å². The maximum Gasteiger partial charge on any atom is 0.427 e. The summed E-state index contributed by atoms with van der Waals surface area (Å²) < 4.78 is 50.5. The Morgan fingerprint density at radius 2 is 1.66 bits per heavy atom. The Morgan fingerprint density at radius 1 is 1.00 bits per heavy atom. The van der Waals surface area contributed by atoms with Gasteiger partial charge in [-0.25, -0.2) is 0 Å². The molecule has 0 fully saturated rings. The van der Waals surface area contributed by atoms with E-state index in [0.717, 1.165) is 37.7 Å². The Balaban J connectivity index is 2.16. The van der Waals surface area contributed by atoms with Crippen molar-refractivity contribution in [2.45, 2.75) is 77.0 Å². The third kappa shape index (κ3) is 7.80. The van der Waals surface area contributed by atoms with Crippen LogP contribution in [0.2, 0.25) is 0 Å². The van der Waals surface area contributed by atoms with Gasteiger partial charge in [-0.05, 0) is 18.4 Å². The highest BCUT2D eigenvalue weighted by atomic mass is 19.4. The maximum absolute atomic E-state index is 13.5. The van der Waals surface area contributed by atoms with Crippen molar-refractivity contribution in [3.63, 3.8) is 0 Å². The van der Waals surface area contributed by atoms with Gasteiger partial charge < -0.3 is 9.47 Å². The van der Waals surface area contributed by atoms with E-state index >= 15 is 0 Å².